The van der Waals surface area contributed by atoms with Crippen molar-refractivity contribution in [1.82, 2.24) is 9.80 Å². The molecule has 2 saturated heterocycles. The molecule has 0 radical (unpaired) electrons. The summed E-state index contributed by atoms with van der Waals surface area (Å²) in [5.41, 5.74) is 0. The first-order valence-corrected chi connectivity index (χ1v) is 8.50. The van der Waals surface area contributed by atoms with Gasteiger partial charge in [0.1, 0.15) is 17.4 Å². The quantitative estimate of drug-likeness (QED) is 0.835. The summed E-state index contributed by atoms with van der Waals surface area (Å²) in [6, 6.07) is 3.24. The number of amides is 2. The fourth-order valence-corrected chi connectivity index (χ4v) is 4.05. The minimum atomic E-state index is -0.716. The average Bonchev–Trinajstić information content (AvgIpc) is 3.02. The van der Waals surface area contributed by atoms with Crippen LogP contribution in [0.4, 0.5) is 8.78 Å². The maximum absolute atomic E-state index is 13.1. The van der Waals surface area contributed by atoms with Crippen LogP contribution in [0.1, 0.15) is 26.7 Å². The average molecular weight is 352 g/mol. The van der Waals surface area contributed by atoms with Crippen LogP contribution in [0.2, 0.25) is 0 Å². The third-order valence-electron chi connectivity index (χ3n) is 5.02. The lowest BCUT2D eigenvalue weighted by Gasteiger charge is -2.27. The van der Waals surface area contributed by atoms with Crippen LogP contribution in [0.3, 0.4) is 0 Å². The number of halogens is 2. The highest BCUT2D eigenvalue weighted by Gasteiger charge is 2.46. The summed E-state index contributed by atoms with van der Waals surface area (Å²) in [6.45, 7) is 4.85. The lowest BCUT2D eigenvalue weighted by Crippen LogP contribution is -2.43. The zero-order valence-electron chi connectivity index (χ0n) is 14.4. The molecule has 2 aliphatic rings. The second-order valence-electron chi connectivity index (χ2n) is 6.84. The third-order valence-corrected chi connectivity index (χ3v) is 5.02. The molecule has 25 heavy (non-hydrogen) atoms. The summed E-state index contributed by atoms with van der Waals surface area (Å²) in [6.07, 6.45) is 1.04. The standard InChI is InChI=1S/C18H22F2N2O3/c1-11-5-13-9-21(10-17(13)22(11)12(2)23)18(24)3-4-25-16-7-14(19)6-15(20)8-16/h6-8,11,13,17H,3-5,9-10H2,1-2H3/t11-,13+,17-/m1/s1. The van der Waals surface area contributed by atoms with Crippen molar-refractivity contribution in [2.75, 3.05) is 19.7 Å². The van der Waals surface area contributed by atoms with Gasteiger partial charge in [0.05, 0.1) is 19.1 Å². The number of carbonyl (C=O) groups is 2. The molecular weight excluding hydrogens is 330 g/mol. The fraction of sp³-hybridized carbons (Fsp3) is 0.556. The monoisotopic (exact) mass is 352 g/mol. The normalized spacial score (nSPS) is 25.2. The van der Waals surface area contributed by atoms with Gasteiger partial charge in [0, 0.05) is 50.2 Å². The van der Waals surface area contributed by atoms with Crippen molar-refractivity contribution >= 4 is 11.8 Å². The van der Waals surface area contributed by atoms with Crippen LogP contribution in [0.25, 0.3) is 0 Å². The van der Waals surface area contributed by atoms with E-state index in [0.29, 0.717) is 19.0 Å². The van der Waals surface area contributed by atoms with E-state index in [1.807, 2.05) is 11.8 Å². The Hall–Kier alpha value is -2.18. The third kappa shape index (κ3) is 3.75. The van der Waals surface area contributed by atoms with Crippen LogP contribution in [-0.4, -0.2) is 53.4 Å². The largest absolute Gasteiger partial charge is 0.493 e. The molecule has 0 N–H and O–H groups in total. The molecule has 5 nitrogen and oxygen atoms in total. The Labute approximate surface area is 145 Å². The van der Waals surface area contributed by atoms with Gasteiger partial charge in [0.15, 0.2) is 0 Å². The molecule has 0 spiro atoms. The molecule has 136 valence electrons. The van der Waals surface area contributed by atoms with E-state index in [9.17, 15) is 18.4 Å². The van der Waals surface area contributed by atoms with Gasteiger partial charge in [-0.3, -0.25) is 9.59 Å². The molecule has 2 aliphatic heterocycles. The molecule has 7 heteroatoms. The van der Waals surface area contributed by atoms with E-state index in [4.69, 9.17) is 4.74 Å². The summed E-state index contributed by atoms with van der Waals surface area (Å²) in [5.74, 6) is -1.06. The molecule has 1 aromatic rings. The Kier molecular flexibility index (Phi) is 4.92. The molecule has 0 aromatic heterocycles. The Morgan fingerprint density at radius 2 is 1.88 bits per heavy atom. The Bertz CT molecular complexity index is 662. The van der Waals surface area contributed by atoms with E-state index >= 15 is 0 Å². The molecule has 1 aromatic carbocycles. The molecule has 0 aliphatic carbocycles. The number of fused-ring (bicyclic) bond motifs is 1. The first-order valence-electron chi connectivity index (χ1n) is 8.50. The van der Waals surface area contributed by atoms with E-state index in [0.717, 1.165) is 24.6 Å². The van der Waals surface area contributed by atoms with Gasteiger partial charge in [0.25, 0.3) is 0 Å². The van der Waals surface area contributed by atoms with Gasteiger partial charge in [-0.05, 0) is 13.3 Å². The molecule has 2 heterocycles. The summed E-state index contributed by atoms with van der Waals surface area (Å²) < 4.78 is 31.5. The van der Waals surface area contributed by atoms with Gasteiger partial charge in [0.2, 0.25) is 11.8 Å². The predicted octanol–water partition coefficient (Wildman–Crippen LogP) is 2.20. The minimum absolute atomic E-state index is 0.0470. The topological polar surface area (TPSA) is 49.9 Å². The Morgan fingerprint density at radius 3 is 2.52 bits per heavy atom. The van der Waals surface area contributed by atoms with Crippen LogP contribution < -0.4 is 4.74 Å². The molecule has 3 atom stereocenters. The molecule has 2 amide bonds. The molecule has 0 saturated carbocycles. The summed E-state index contributed by atoms with van der Waals surface area (Å²) in [5, 5.41) is 0. The van der Waals surface area contributed by atoms with Gasteiger partial charge in [-0.25, -0.2) is 8.78 Å². The molecule has 0 bridgehead atoms. The van der Waals surface area contributed by atoms with E-state index < -0.39 is 11.6 Å². The number of hydrogen-bond donors (Lipinski definition) is 0. The van der Waals surface area contributed by atoms with Crippen molar-refractivity contribution in [3.63, 3.8) is 0 Å². The number of benzene rings is 1. The van der Waals surface area contributed by atoms with E-state index in [1.165, 1.54) is 0 Å². The van der Waals surface area contributed by atoms with E-state index in [2.05, 4.69) is 0 Å². The van der Waals surface area contributed by atoms with E-state index in [1.54, 1.807) is 11.8 Å². The van der Waals surface area contributed by atoms with Gasteiger partial charge in [-0.2, -0.15) is 0 Å². The van der Waals surface area contributed by atoms with Crippen molar-refractivity contribution in [3.8, 4) is 5.75 Å². The summed E-state index contributed by atoms with van der Waals surface area (Å²) in [4.78, 5) is 27.8. The van der Waals surface area contributed by atoms with Gasteiger partial charge >= 0.3 is 0 Å². The highest BCUT2D eigenvalue weighted by Crippen LogP contribution is 2.35. The second-order valence-corrected chi connectivity index (χ2v) is 6.84. The SMILES string of the molecule is CC(=O)N1[C@H](C)C[C@H]2CN(C(=O)CCOc3cc(F)cc(F)c3)C[C@H]21. The minimum Gasteiger partial charge on any atom is -0.493 e. The number of hydrogen-bond acceptors (Lipinski definition) is 3. The Morgan fingerprint density at radius 1 is 1.20 bits per heavy atom. The number of carbonyl (C=O) groups excluding carboxylic acids is 2. The highest BCUT2D eigenvalue weighted by molar-refractivity contribution is 5.78. The predicted molar refractivity (Wildman–Crippen MR) is 86.9 cm³/mol. The highest BCUT2D eigenvalue weighted by atomic mass is 19.1. The van der Waals surface area contributed by atoms with Gasteiger partial charge < -0.3 is 14.5 Å². The van der Waals surface area contributed by atoms with Crippen LogP contribution in [0.15, 0.2) is 18.2 Å². The number of ether oxygens (including phenoxy) is 1. The van der Waals surface area contributed by atoms with E-state index in [-0.39, 0.29) is 42.7 Å². The fourth-order valence-electron chi connectivity index (χ4n) is 4.05. The van der Waals surface area contributed by atoms with Gasteiger partial charge in [-0.15, -0.1) is 0 Å². The van der Waals surface area contributed by atoms with Crippen molar-refractivity contribution in [2.45, 2.75) is 38.8 Å². The van der Waals surface area contributed by atoms with Crippen molar-refractivity contribution < 1.29 is 23.1 Å². The lowest BCUT2D eigenvalue weighted by atomic mass is 10.0. The first-order chi connectivity index (χ1) is 11.8. The summed E-state index contributed by atoms with van der Waals surface area (Å²) in [7, 11) is 0. The van der Waals surface area contributed by atoms with Crippen LogP contribution >= 0.6 is 0 Å². The number of rotatable bonds is 4. The van der Waals surface area contributed by atoms with Crippen molar-refractivity contribution in [3.05, 3.63) is 29.8 Å². The van der Waals surface area contributed by atoms with Crippen LogP contribution in [-0.2, 0) is 9.59 Å². The molecule has 0 unspecified atom stereocenters. The zero-order valence-corrected chi connectivity index (χ0v) is 14.4. The second kappa shape index (κ2) is 6.98. The molecule has 2 fully saturated rings. The van der Waals surface area contributed by atoms with Crippen molar-refractivity contribution in [2.24, 2.45) is 5.92 Å². The smallest absolute Gasteiger partial charge is 0.226 e. The first kappa shape index (κ1) is 17.6. The van der Waals surface area contributed by atoms with Crippen LogP contribution in [0.5, 0.6) is 5.75 Å². The molecule has 3 rings (SSSR count). The zero-order chi connectivity index (χ0) is 18.1. The lowest BCUT2D eigenvalue weighted by molar-refractivity contribution is -0.134. The summed E-state index contributed by atoms with van der Waals surface area (Å²) >= 11 is 0. The maximum Gasteiger partial charge on any atom is 0.226 e. The Balaban J connectivity index is 1.51. The van der Waals surface area contributed by atoms with Crippen LogP contribution in [0, 0.1) is 17.6 Å². The number of nitrogens with zero attached hydrogens (tertiary/aromatic N) is 2. The maximum atomic E-state index is 13.1. The number of likely N-dealkylation sites (tertiary alicyclic amines) is 2. The van der Waals surface area contributed by atoms with Gasteiger partial charge in [-0.1, -0.05) is 0 Å². The molecular formula is C18H22F2N2O3. The van der Waals surface area contributed by atoms with Crippen molar-refractivity contribution in [1.29, 1.82) is 0 Å².